The number of aliphatic hydroxyl groups is 1. The number of hydrogen-bond donors (Lipinski definition) is 3. The van der Waals surface area contributed by atoms with Gasteiger partial charge in [0.15, 0.2) is 0 Å². The fourth-order valence-corrected chi connectivity index (χ4v) is 2.47. The molecule has 158 valence electrons. The first-order chi connectivity index (χ1) is 13.4. The number of alkyl halides is 3. The van der Waals surface area contributed by atoms with Crippen LogP contribution in [-0.4, -0.2) is 24.9 Å². The van der Waals surface area contributed by atoms with Gasteiger partial charge in [0.25, 0.3) is 5.56 Å². The Labute approximate surface area is 162 Å². The number of hydrogen-bond acceptors (Lipinski definition) is 4. The van der Waals surface area contributed by atoms with Crippen molar-refractivity contribution in [3.63, 3.8) is 0 Å². The van der Waals surface area contributed by atoms with Crippen molar-refractivity contribution in [1.29, 1.82) is 0 Å². The lowest BCUT2D eigenvalue weighted by Crippen LogP contribution is -2.22. The number of rotatable bonds is 3. The molecule has 7 nitrogen and oxygen atoms in total. The first-order valence-corrected chi connectivity index (χ1v) is 8.62. The quantitative estimate of drug-likeness (QED) is 0.571. The van der Waals surface area contributed by atoms with Crippen LogP contribution in [0.1, 0.15) is 37.6 Å². The Hall–Kier alpha value is -2.95. The van der Waals surface area contributed by atoms with Crippen LogP contribution in [0.5, 0.6) is 0 Å². The number of halogens is 4. The maximum absolute atomic E-state index is 13.7. The van der Waals surface area contributed by atoms with E-state index in [4.69, 9.17) is 0 Å². The van der Waals surface area contributed by atoms with Gasteiger partial charge < -0.3 is 5.11 Å². The normalized spacial score (nSPS) is 11.6. The molecule has 0 atom stereocenters. The average Bonchev–Trinajstić information content (AvgIpc) is 2.91. The highest BCUT2D eigenvalue weighted by Gasteiger charge is 2.33. The summed E-state index contributed by atoms with van der Waals surface area (Å²) in [5, 5.41) is 13.2. The van der Waals surface area contributed by atoms with Crippen molar-refractivity contribution in [2.24, 2.45) is 5.92 Å². The van der Waals surface area contributed by atoms with Gasteiger partial charge >= 0.3 is 11.9 Å². The summed E-state index contributed by atoms with van der Waals surface area (Å²) in [7, 11) is 0. The molecule has 0 saturated carbocycles. The van der Waals surface area contributed by atoms with E-state index >= 15 is 0 Å². The van der Waals surface area contributed by atoms with Crippen molar-refractivity contribution in [1.82, 2.24) is 19.7 Å². The second-order valence-electron chi connectivity index (χ2n) is 6.94. The number of fused-ring (bicyclic) bond motifs is 1. The number of H-pyrrole nitrogens is 2. The van der Waals surface area contributed by atoms with Gasteiger partial charge in [0, 0.05) is 0 Å². The fraction of sp³-hybridized carbons (Fsp3) is 0.389. The number of aromatic amines is 2. The molecule has 0 aliphatic carbocycles. The van der Waals surface area contributed by atoms with Gasteiger partial charge in [0.1, 0.15) is 22.5 Å². The molecule has 3 rings (SSSR count). The minimum absolute atomic E-state index is 0.0279. The highest BCUT2D eigenvalue weighted by molar-refractivity contribution is 5.76. The van der Waals surface area contributed by atoms with Gasteiger partial charge in [-0.3, -0.25) is 14.8 Å². The summed E-state index contributed by atoms with van der Waals surface area (Å²) < 4.78 is 52.5. The standard InChI is InChI=1S/C14H10F4N4O3.C4H10/c15-8-3-6(1-2-7(8)14(16,17)18)4-22-11-10(9(5-23)21-22)12(24)20-13(25)19-11;1-4(2)3/h1-3,23H,4-5H2,(H2,19,20,24,25);4H,1-3H3. The molecule has 0 radical (unpaired) electrons. The van der Waals surface area contributed by atoms with E-state index in [0.29, 0.717) is 12.1 Å². The predicted molar refractivity (Wildman–Crippen MR) is 97.9 cm³/mol. The Balaban J connectivity index is 0.000000687. The van der Waals surface area contributed by atoms with E-state index < -0.39 is 35.4 Å². The molecule has 1 aromatic carbocycles. The molecule has 29 heavy (non-hydrogen) atoms. The molecular weight excluding hydrogens is 396 g/mol. The summed E-state index contributed by atoms with van der Waals surface area (Å²) in [6.45, 7) is 5.69. The van der Waals surface area contributed by atoms with Crippen molar-refractivity contribution in [3.05, 3.63) is 61.7 Å². The van der Waals surface area contributed by atoms with Crippen LogP contribution in [0.25, 0.3) is 11.0 Å². The van der Waals surface area contributed by atoms with Crippen LogP contribution in [0.2, 0.25) is 0 Å². The summed E-state index contributed by atoms with van der Waals surface area (Å²) in [5.74, 6) is -0.616. The molecule has 2 aromatic heterocycles. The fourth-order valence-electron chi connectivity index (χ4n) is 2.47. The Morgan fingerprint density at radius 1 is 1.17 bits per heavy atom. The van der Waals surface area contributed by atoms with Crippen molar-refractivity contribution in [2.45, 2.75) is 40.1 Å². The lowest BCUT2D eigenvalue weighted by atomic mass is 10.1. The zero-order chi connectivity index (χ0) is 21.9. The molecule has 0 aliphatic rings. The monoisotopic (exact) mass is 416 g/mol. The summed E-state index contributed by atoms with van der Waals surface area (Å²) in [5.41, 5.74) is -2.92. The predicted octanol–water partition coefficient (Wildman–Crippen LogP) is 2.77. The smallest absolute Gasteiger partial charge is 0.390 e. The first-order valence-electron chi connectivity index (χ1n) is 8.62. The SMILES string of the molecule is CC(C)C.O=c1[nH]c(=O)c2c(CO)nn(Cc3ccc(C(F)(F)F)c(F)c3)c2[nH]1. The van der Waals surface area contributed by atoms with Crippen LogP contribution in [0, 0.1) is 11.7 Å². The number of benzene rings is 1. The third-order valence-electron chi connectivity index (χ3n) is 3.53. The molecule has 0 spiro atoms. The number of nitrogens with one attached hydrogen (secondary N) is 2. The molecule has 0 aliphatic heterocycles. The number of aromatic nitrogens is 4. The van der Waals surface area contributed by atoms with Gasteiger partial charge in [0.2, 0.25) is 0 Å². The summed E-state index contributed by atoms with van der Waals surface area (Å²) in [4.78, 5) is 27.6. The Morgan fingerprint density at radius 2 is 1.79 bits per heavy atom. The van der Waals surface area contributed by atoms with E-state index in [1.165, 1.54) is 0 Å². The summed E-state index contributed by atoms with van der Waals surface area (Å²) >= 11 is 0. The molecule has 0 saturated heterocycles. The molecular formula is C18H20F4N4O3. The van der Waals surface area contributed by atoms with E-state index in [1.54, 1.807) is 0 Å². The van der Waals surface area contributed by atoms with Crippen LogP contribution < -0.4 is 11.2 Å². The molecule has 3 N–H and O–H groups in total. The molecule has 0 bridgehead atoms. The largest absolute Gasteiger partial charge is 0.419 e. The third-order valence-corrected chi connectivity index (χ3v) is 3.53. The van der Waals surface area contributed by atoms with E-state index in [9.17, 15) is 32.3 Å². The molecule has 2 heterocycles. The lowest BCUT2D eigenvalue weighted by molar-refractivity contribution is -0.140. The lowest BCUT2D eigenvalue weighted by Gasteiger charge is -2.09. The van der Waals surface area contributed by atoms with Gasteiger partial charge in [0.05, 0.1) is 18.7 Å². The molecule has 0 unspecified atom stereocenters. The van der Waals surface area contributed by atoms with Gasteiger partial charge in [-0.1, -0.05) is 26.8 Å². The zero-order valence-corrected chi connectivity index (χ0v) is 15.9. The maximum atomic E-state index is 13.7. The van der Waals surface area contributed by atoms with Gasteiger partial charge in [-0.2, -0.15) is 18.3 Å². The Kier molecular flexibility index (Phi) is 6.62. The van der Waals surface area contributed by atoms with Crippen LogP contribution in [-0.2, 0) is 19.3 Å². The molecule has 11 heteroatoms. The summed E-state index contributed by atoms with van der Waals surface area (Å²) in [6, 6.07) is 2.35. The minimum atomic E-state index is -4.82. The Bertz CT molecular complexity index is 1110. The van der Waals surface area contributed by atoms with E-state index in [-0.39, 0.29) is 28.8 Å². The third kappa shape index (κ3) is 5.31. The number of aliphatic hydroxyl groups excluding tert-OH is 1. The molecule has 0 fully saturated rings. The second kappa shape index (κ2) is 8.60. The maximum Gasteiger partial charge on any atom is 0.419 e. The second-order valence-corrected chi connectivity index (χ2v) is 6.94. The van der Waals surface area contributed by atoms with Crippen LogP contribution in [0.3, 0.4) is 0 Å². The average molecular weight is 416 g/mol. The van der Waals surface area contributed by atoms with E-state index in [2.05, 4.69) is 30.9 Å². The van der Waals surface area contributed by atoms with Gasteiger partial charge in [-0.15, -0.1) is 0 Å². The van der Waals surface area contributed by atoms with Crippen molar-refractivity contribution in [3.8, 4) is 0 Å². The van der Waals surface area contributed by atoms with Gasteiger partial charge in [-0.05, 0) is 23.6 Å². The van der Waals surface area contributed by atoms with Crippen LogP contribution in [0.4, 0.5) is 17.6 Å². The van der Waals surface area contributed by atoms with E-state index in [0.717, 1.165) is 16.7 Å². The highest BCUT2D eigenvalue weighted by atomic mass is 19.4. The first kappa shape index (κ1) is 22.3. The zero-order valence-electron chi connectivity index (χ0n) is 15.9. The Morgan fingerprint density at radius 3 is 2.31 bits per heavy atom. The van der Waals surface area contributed by atoms with E-state index in [1.807, 2.05) is 4.98 Å². The van der Waals surface area contributed by atoms with Crippen LogP contribution >= 0.6 is 0 Å². The van der Waals surface area contributed by atoms with Crippen molar-refractivity contribution < 1.29 is 22.7 Å². The topological polar surface area (TPSA) is 104 Å². The molecule has 0 amide bonds. The van der Waals surface area contributed by atoms with Crippen LogP contribution in [0.15, 0.2) is 27.8 Å². The highest BCUT2D eigenvalue weighted by Crippen LogP contribution is 2.31. The van der Waals surface area contributed by atoms with Gasteiger partial charge in [-0.25, -0.2) is 13.9 Å². The number of nitrogens with zero attached hydrogens (tertiary/aromatic N) is 2. The van der Waals surface area contributed by atoms with Crippen molar-refractivity contribution in [2.75, 3.05) is 0 Å². The summed E-state index contributed by atoms with van der Waals surface area (Å²) in [6.07, 6.45) is -4.82. The van der Waals surface area contributed by atoms with Crippen molar-refractivity contribution >= 4 is 11.0 Å². The molecule has 3 aromatic rings. The minimum Gasteiger partial charge on any atom is -0.390 e.